The van der Waals surface area contributed by atoms with E-state index in [2.05, 4.69) is 14.9 Å². The lowest BCUT2D eigenvalue weighted by atomic mass is 9.86. The summed E-state index contributed by atoms with van der Waals surface area (Å²) < 4.78 is 0. The molecule has 0 saturated carbocycles. The molecular weight excluding hydrogens is 352 g/mol. The van der Waals surface area contributed by atoms with Crippen molar-refractivity contribution in [2.75, 3.05) is 31.1 Å². The number of carbonyl (C=O) groups is 1. The minimum absolute atomic E-state index is 0.00755. The molecule has 148 valence electrons. The van der Waals surface area contributed by atoms with Crippen LogP contribution in [0.4, 0.5) is 5.95 Å². The Hall–Kier alpha value is -2.47. The molecular formula is C22H28N4O2. The molecule has 6 heteroatoms. The Morgan fingerprint density at radius 3 is 2.43 bits per heavy atom. The molecule has 1 aromatic heterocycles. The van der Waals surface area contributed by atoms with Crippen molar-refractivity contribution in [2.45, 2.75) is 31.8 Å². The molecule has 2 aliphatic rings. The number of aromatic nitrogens is 2. The molecule has 4 rings (SSSR count). The summed E-state index contributed by atoms with van der Waals surface area (Å²) in [4.78, 5) is 25.8. The molecule has 2 aromatic rings. The van der Waals surface area contributed by atoms with E-state index in [0.717, 1.165) is 50.9 Å². The van der Waals surface area contributed by atoms with E-state index >= 15 is 0 Å². The van der Waals surface area contributed by atoms with Gasteiger partial charge in [0.05, 0.1) is 12.0 Å². The first-order valence-corrected chi connectivity index (χ1v) is 10.3. The number of carbonyl (C=O) groups excluding carboxylic acids is 1. The van der Waals surface area contributed by atoms with E-state index in [4.69, 9.17) is 0 Å². The van der Waals surface area contributed by atoms with Gasteiger partial charge in [0, 0.05) is 38.6 Å². The highest BCUT2D eigenvalue weighted by Gasteiger charge is 2.33. The van der Waals surface area contributed by atoms with Crippen molar-refractivity contribution in [1.29, 1.82) is 0 Å². The Balaban J connectivity index is 1.32. The first-order valence-electron chi connectivity index (χ1n) is 10.3. The summed E-state index contributed by atoms with van der Waals surface area (Å²) in [5.74, 6) is 1.18. The van der Waals surface area contributed by atoms with Crippen LogP contribution in [-0.2, 0) is 4.79 Å². The second-order valence-corrected chi connectivity index (χ2v) is 7.85. The van der Waals surface area contributed by atoms with Crippen LogP contribution in [0.2, 0.25) is 0 Å². The zero-order valence-electron chi connectivity index (χ0n) is 16.2. The first-order chi connectivity index (χ1) is 13.7. The van der Waals surface area contributed by atoms with Crippen molar-refractivity contribution in [3.05, 3.63) is 54.4 Å². The van der Waals surface area contributed by atoms with Gasteiger partial charge in [-0.05, 0) is 43.2 Å². The summed E-state index contributed by atoms with van der Waals surface area (Å²) in [6.45, 7) is 3.05. The minimum Gasteiger partial charge on any atom is -0.388 e. The molecule has 0 spiro atoms. The van der Waals surface area contributed by atoms with Crippen molar-refractivity contribution in [3.8, 4) is 0 Å². The van der Waals surface area contributed by atoms with Gasteiger partial charge in [-0.3, -0.25) is 4.79 Å². The SMILES string of the molecule is O=C(C1CCCN(c2ncccn2)C1)N1CCC(C(O)c2ccccc2)CC1. The van der Waals surface area contributed by atoms with Crippen LogP contribution in [0.3, 0.4) is 0 Å². The van der Waals surface area contributed by atoms with Crippen LogP contribution in [-0.4, -0.2) is 52.1 Å². The molecule has 3 heterocycles. The van der Waals surface area contributed by atoms with Crippen molar-refractivity contribution >= 4 is 11.9 Å². The number of aliphatic hydroxyl groups is 1. The Bertz CT molecular complexity index is 763. The van der Waals surface area contributed by atoms with Gasteiger partial charge in [0.25, 0.3) is 0 Å². The maximum Gasteiger partial charge on any atom is 0.227 e. The third-order valence-corrected chi connectivity index (χ3v) is 6.04. The second-order valence-electron chi connectivity index (χ2n) is 7.85. The van der Waals surface area contributed by atoms with Crippen LogP contribution in [0.1, 0.15) is 37.4 Å². The van der Waals surface area contributed by atoms with E-state index in [9.17, 15) is 9.90 Å². The Kier molecular flexibility index (Phi) is 5.86. The fourth-order valence-electron chi connectivity index (χ4n) is 4.43. The molecule has 0 aliphatic carbocycles. The highest BCUT2D eigenvalue weighted by Crippen LogP contribution is 2.32. The normalized spacial score (nSPS) is 22.1. The summed E-state index contributed by atoms with van der Waals surface area (Å²) in [6.07, 6.45) is 6.65. The number of benzene rings is 1. The lowest BCUT2D eigenvalue weighted by Crippen LogP contribution is -2.48. The van der Waals surface area contributed by atoms with E-state index in [0.29, 0.717) is 12.5 Å². The highest BCUT2D eigenvalue weighted by molar-refractivity contribution is 5.79. The standard InChI is InChI=1S/C22H28N4O2/c27-20(17-6-2-1-3-7-17)18-9-14-25(15-10-18)21(28)19-8-4-13-26(16-19)22-23-11-5-12-24-22/h1-3,5-7,11-12,18-20,27H,4,8-10,13-16H2. The second kappa shape index (κ2) is 8.69. The monoisotopic (exact) mass is 380 g/mol. The maximum absolute atomic E-state index is 13.1. The van der Waals surface area contributed by atoms with E-state index in [-0.39, 0.29) is 17.7 Å². The Morgan fingerprint density at radius 1 is 1.00 bits per heavy atom. The molecule has 0 radical (unpaired) electrons. The number of nitrogens with zero attached hydrogens (tertiary/aromatic N) is 4. The van der Waals surface area contributed by atoms with Crippen LogP contribution in [0.25, 0.3) is 0 Å². The average Bonchev–Trinajstić information content (AvgIpc) is 2.79. The minimum atomic E-state index is -0.446. The van der Waals surface area contributed by atoms with Crippen LogP contribution in [0.15, 0.2) is 48.8 Å². The predicted molar refractivity (Wildman–Crippen MR) is 108 cm³/mol. The van der Waals surface area contributed by atoms with Crippen LogP contribution < -0.4 is 4.90 Å². The Labute approximate surface area is 166 Å². The zero-order valence-corrected chi connectivity index (χ0v) is 16.2. The highest BCUT2D eigenvalue weighted by atomic mass is 16.3. The molecule has 2 saturated heterocycles. The molecule has 1 N–H and O–H groups in total. The molecule has 0 bridgehead atoms. The molecule has 2 atom stereocenters. The molecule has 1 amide bonds. The lowest BCUT2D eigenvalue weighted by molar-refractivity contribution is -0.137. The van der Waals surface area contributed by atoms with Crippen LogP contribution in [0, 0.1) is 11.8 Å². The van der Waals surface area contributed by atoms with Crippen molar-refractivity contribution < 1.29 is 9.90 Å². The number of anilines is 1. The van der Waals surface area contributed by atoms with Gasteiger partial charge < -0.3 is 14.9 Å². The van der Waals surface area contributed by atoms with E-state index in [1.165, 1.54) is 0 Å². The smallest absolute Gasteiger partial charge is 0.227 e. The number of aliphatic hydroxyl groups excluding tert-OH is 1. The molecule has 1 aromatic carbocycles. The van der Waals surface area contributed by atoms with Crippen molar-refractivity contribution in [2.24, 2.45) is 11.8 Å². The van der Waals surface area contributed by atoms with Gasteiger partial charge in [0.1, 0.15) is 0 Å². The number of hydrogen-bond donors (Lipinski definition) is 1. The topological polar surface area (TPSA) is 69.6 Å². The van der Waals surface area contributed by atoms with Gasteiger partial charge in [0.2, 0.25) is 11.9 Å². The molecule has 28 heavy (non-hydrogen) atoms. The third-order valence-electron chi connectivity index (χ3n) is 6.04. The van der Waals surface area contributed by atoms with Gasteiger partial charge in [0.15, 0.2) is 0 Å². The fraction of sp³-hybridized carbons (Fsp3) is 0.500. The summed E-state index contributed by atoms with van der Waals surface area (Å²) in [5.41, 5.74) is 0.970. The van der Waals surface area contributed by atoms with E-state index in [1.54, 1.807) is 12.4 Å². The molecule has 2 aliphatic heterocycles. The quantitative estimate of drug-likeness (QED) is 0.883. The van der Waals surface area contributed by atoms with Crippen LogP contribution >= 0.6 is 0 Å². The third kappa shape index (κ3) is 4.17. The number of piperidine rings is 2. The Morgan fingerprint density at radius 2 is 1.71 bits per heavy atom. The summed E-state index contributed by atoms with van der Waals surface area (Å²) in [5, 5.41) is 10.7. The van der Waals surface area contributed by atoms with Gasteiger partial charge in [-0.2, -0.15) is 0 Å². The summed E-state index contributed by atoms with van der Waals surface area (Å²) in [7, 11) is 0. The lowest BCUT2D eigenvalue weighted by Gasteiger charge is -2.38. The number of hydrogen-bond acceptors (Lipinski definition) is 5. The summed E-state index contributed by atoms with van der Waals surface area (Å²) >= 11 is 0. The zero-order chi connectivity index (χ0) is 19.3. The van der Waals surface area contributed by atoms with Gasteiger partial charge in [-0.15, -0.1) is 0 Å². The molecule has 2 fully saturated rings. The van der Waals surface area contributed by atoms with Gasteiger partial charge >= 0.3 is 0 Å². The largest absolute Gasteiger partial charge is 0.388 e. The average molecular weight is 380 g/mol. The van der Waals surface area contributed by atoms with Crippen molar-refractivity contribution in [1.82, 2.24) is 14.9 Å². The number of rotatable bonds is 4. The van der Waals surface area contributed by atoms with E-state index < -0.39 is 6.10 Å². The molecule has 2 unspecified atom stereocenters. The summed E-state index contributed by atoms with van der Waals surface area (Å²) in [6, 6.07) is 11.6. The fourth-order valence-corrected chi connectivity index (χ4v) is 4.43. The predicted octanol–water partition coefficient (Wildman–Crippen LogP) is 2.67. The molecule has 6 nitrogen and oxygen atoms in total. The van der Waals surface area contributed by atoms with Gasteiger partial charge in [-0.25, -0.2) is 9.97 Å². The van der Waals surface area contributed by atoms with Gasteiger partial charge in [-0.1, -0.05) is 30.3 Å². The first kappa shape index (κ1) is 18.9. The van der Waals surface area contributed by atoms with Crippen LogP contribution in [0.5, 0.6) is 0 Å². The number of amides is 1. The maximum atomic E-state index is 13.1. The number of likely N-dealkylation sites (tertiary alicyclic amines) is 1. The van der Waals surface area contributed by atoms with Crippen molar-refractivity contribution in [3.63, 3.8) is 0 Å². The van der Waals surface area contributed by atoms with E-state index in [1.807, 2.05) is 41.3 Å².